The number of nitrogens with zero attached hydrogens (tertiary/aromatic N) is 2. The van der Waals surface area contributed by atoms with E-state index < -0.39 is 0 Å². The zero-order valence-electron chi connectivity index (χ0n) is 14.5. The Labute approximate surface area is 153 Å². The maximum atomic E-state index is 12.1. The molecule has 0 saturated heterocycles. The van der Waals surface area contributed by atoms with Gasteiger partial charge in [-0.3, -0.25) is 4.79 Å². The van der Waals surface area contributed by atoms with E-state index in [-0.39, 0.29) is 24.1 Å². The highest BCUT2D eigenvalue weighted by Gasteiger charge is 2.21. The monoisotopic (exact) mass is 365 g/mol. The molecule has 0 atom stereocenters. The largest absolute Gasteiger partial charge is 0.474 e. The molecule has 0 aliphatic heterocycles. The summed E-state index contributed by atoms with van der Waals surface area (Å²) in [4.78, 5) is 14.4. The number of hydrogen-bond donors (Lipinski definition) is 1. The summed E-state index contributed by atoms with van der Waals surface area (Å²) in [6, 6.07) is 9.78. The molecule has 2 aromatic rings. The zero-order valence-corrected chi connectivity index (χ0v) is 15.3. The van der Waals surface area contributed by atoms with Gasteiger partial charge in [0.05, 0.1) is 6.07 Å². The minimum Gasteiger partial charge on any atom is -0.474 e. The first-order valence-corrected chi connectivity index (χ1v) is 8.29. The molecule has 1 aromatic heterocycles. The third kappa shape index (κ3) is 5.21. The highest BCUT2D eigenvalue weighted by molar-refractivity contribution is 6.02. The molecule has 0 spiro atoms. The minimum absolute atomic E-state index is 0. The lowest BCUT2D eigenvalue weighted by atomic mass is 9.92. The van der Waals surface area contributed by atoms with Crippen LogP contribution in [0.1, 0.15) is 35.4 Å². The van der Waals surface area contributed by atoms with Crippen LogP contribution in [-0.4, -0.2) is 42.2 Å². The molecule has 1 saturated carbocycles. The van der Waals surface area contributed by atoms with Crippen molar-refractivity contribution in [3.63, 3.8) is 0 Å². The second-order valence-electron chi connectivity index (χ2n) is 6.27. The smallest absolute Gasteiger partial charge is 0.294 e. The first-order chi connectivity index (χ1) is 11.6. The molecule has 136 valence electrons. The lowest BCUT2D eigenvalue weighted by molar-refractivity contribution is 0.0987. The van der Waals surface area contributed by atoms with Gasteiger partial charge in [0.15, 0.2) is 0 Å². The molecule has 1 aliphatic rings. The highest BCUT2D eigenvalue weighted by atomic mass is 35.5. The predicted octanol–water partition coefficient (Wildman–Crippen LogP) is 3.52. The lowest BCUT2D eigenvalue weighted by Gasteiger charge is -2.34. The molecule has 7 heteroatoms. The van der Waals surface area contributed by atoms with Gasteiger partial charge in [-0.15, -0.1) is 12.4 Å². The van der Waals surface area contributed by atoms with Gasteiger partial charge in [0.2, 0.25) is 5.76 Å². The van der Waals surface area contributed by atoms with E-state index in [2.05, 4.69) is 22.4 Å². The number of carbonyl (C=O) groups excluding carboxylic acids is 1. The van der Waals surface area contributed by atoms with Crippen LogP contribution in [0.4, 0.5) is 5.69 Å². The van der Waals surface area contributed by atoms with Gasteiger partial charge in [0, 0.05) is 18.3 Å². The fourth-order valence-corrected chi connectivity index (χ4v) is 2.65. The van der Waals surface area contributed by atoms with Gasteiger partial charge in [0.1, 0.15) is 6.61 Å². The van der Waals surface area contributed by atoms with Crippen LogP contribution in [-0.2, 0) is 0 Å². The van der Waals surface area contributed by atoms with Gasteiger partial charge in [-0.05, 0) is 49.7 Å². The molecule has 1 heterocycles. The van der Waals surface area contributed by atoms with E-state index >= 15 is 0 Å². The minimum atomic E-state index is -0.338. The number of amides is 1. The van der Waals surface area contributed by atoms with Crippen molar-refractivity contribution in [2.45, 2.75) is 32.2 Å². The molecule has 1 aliphatic carbocycles. The first kappa shape index (κ1) is 19.3. The summed E-state index contributed by atoms with van der Waals surface area (Å²) in [5, 5.41) is 6.58. The van der Waals surface area contributed by atoms with Gasteiger partial charge in [-0.2, -0.15) is 0 Å². The van der Waals surface area contributed by atoms with Crippen molar-refractivity contribution in [1.29, 1.82) is 0 Å². The zero-order chi connectivity index (χ0) is 16.9. The van der Waals surface area contributed by atoms with Crippen LogP contribution in [0.5, 0.6) is 5.88 Å². The van der Waals surface area contributed by atoms with Crippen LogP contribution in [0.15, 0.2) is 34.9 Å². The molecule has 0 unspecified atom stereocenters. The summed E-state index contributed by atoms with van der Waals surface area (Å²) in [5.74, 6) is 0.139. The van der Waals surface area contributed by atoms with Crippen molar-refractivity contribution in [2.24, 2.45) is 0 Å². The van der Waals surface area contributed by atoms with Crippen LogP contribution in [0.3, 0.4) is 0 Å². The summed E-state index contributed by atoms with van der Waals surface area (Å²) in [5.41, 5.74) is 1.80. The van der Waals surface area contributed by atoms with Crippen molar-refractivity contribution >= 4 is 24.0 Å². The van der Waals surface area contributed by atoms with Crippen LogP contribution in [0.25, 0.3) is 0 Å². The number of benzene rings is 1. The number of ether oxygens (including phenoxy) is 1. The normalized spacial score (nSPS) is 13.9. The van der Waals surface area contributed by atoms with Gasteiger partial charge in [-0.1, -0.05) is 18.6 Å². The molecule has 1 aromatic carbocycles. The summed E-state index contributed by atoms with van der Waals surface area (Å²) >= 11 is 0. The third-order valence-electron chi connectivity index (χ3n) is 4.38. The Morgan fingerprint density at radius 2 is 2.20 bits per heavy atom. The van der Waals surface area contributed by atoms with Gasteiger partial charge in [0.25, 0.3) is 11.8 Å². The predicted molar refractivity (Wildman–Crippen MR) is 98.6 cm³/mol. The molecule has 0 bridgehead atoms. The van der Waals surface area contributed by atoms with Crippen LogP contribution < -0.4 is 10.1 Å². The van der Waals surface area contributed by atoms with E-state index in [9.17, 15) is 4.79 Å². The fraction of sp³-hybridized carbons (Fsp3) is 0.444. The lowest BCUT2D eigenvalue weighted by Crippen LogP contribution is -2.39. The van der Waals surface area contributed by atoms with Gasteiger partial charge >= 0.3 is 0 Å². The number of nitrogens with one attached hydrogen (secondary N) is 1. The molecule has 1 fully saturated rings. The van der Waals surface area contributed by atoms with E-state index in [0.717, 1.165) is 17.8 Å². The Bertz CT molecular complexity index is 700. The number of rotatable bonds is 7. The van der Waals surface area contributed by atoms with E-state index in [4.69, 9.17) is 9.26 Å². The topological polar surface area (TPSA) is 67.6 Å². The van der Waals surface area contributed by atoms with Crippen LogP contribution in [0, 0.1) is 6.92 Å². The van der Waals surface area contributed by atoms with E-state index in [1.54, 1.807) is 0 Å². The van der Waals surface area contributed by atoms with Crippen LogP contribution >= 0.6 is 12.4 Å². The third-order valence-corrected chi connectivity index (χ3v) is 4.38. The standard InChI is InChI=1S/C18H23N3O3.ClH/c1-13-5-3-6-14(11-13)19-18(22)16-12-17(20-24-16)23-10-9-21(2)15-7-4-8-15;/h3,5-6,11-12,15H,4,7-10H2,1-2H3,(H,19,22);1H. The first-order valence-electron chi connectivity index (χ1n) is 8.29. The second-order valence-corrected chi connectivity index (χ2v) is 6.27. The highest BCUT2D eigenvalue weighted by Crippen LogP contribution is 2.23. The number of aryl methyl sites for hydroxylation is 1. The molecule has 0 radical (unpaired) electrons. The number of likely N-dealkylation sites (N-methyl/N-ethyl adjacent to an activating group) is 1. The number of anilines is 1. The van der Waals surface area contributed by atoms with Gasteiger partial charge in [-0.25, -0.2) is 0 Å². The van der Waals surface area contributed by atoms with Crippen molar-refractivity contribution in [2.75, 3.05) is 25.5 Å². The summed E-state index contributed by atoms with van der Waals surface area (Å²) in [6.07, 6.45) is 3.85. The number of hydrogen-bond acceptors (Lipinski definition) is 5. The van der Waals surface area contributed by atoms with E-state index in [0.29, 0.717) is 18.5 Å². The summed E-state index contributed by atoms with van der Waals surface area (Å²) in [7, 11) is 2.11. The fourth-order valence-electron chi connectivity index (χ4n) is 2.65. The average Bonchev–Trinajstić information content (AvgIpc) is 2.94. The van der Waals surface area contributed by atoms with Crippen molar-refractivity contribution in [3.8, 4) is 5.88 Å². The average molecular weight is 366 g/mol. The molecule has 6 nitrogen and oxygen atoms in total. The molecular weight excluding hydrogens is 342 g/mol. The summed E-state index contributed by atoms with van der Waals surface area (Å²) in [6.45, 7) is 3.33. The Hall–Kier alpha value is -2.05. The van der Waals surface area contributed by atoms with Crippen molar-refractivity contribution < 1.29 is 14.1 Å². The molecular formula is C18H24ClN3O3. The summed E-state index contributed by atoms with van der Waals surface area (Å²) < 4.78 is 10.6. The molecule has 1 amide bonds. The van der Waals surface area contributed by atoms with Crippen molar-refractivity contribution in [1.82, 2.24) is 10.1 Å². The van der Waals surface area contributed by atoms with Gasteiger partial charge < -0.3 is 19.5 Å². The number of halogens is 1. The maximum absolute atomic E-state index is 12.1. The Kier molecular flexibility index (Phi) is 6.84. The maximum Gasteiger partial charge on any atom is 0.294 e. The number of carbonyl (C=O) groups is 1. The molecule has 3 rings (SSSR count). The Balaban J connectivity index is 0.00000225. The Morgan fingerprint density at radius 1 is 1.40 bits per heavy atom. The SMILES string of the molecule is Cc1cccc(NC(=O)c2cc(OCCN(C)C3CCC3)no2)c1.Cl. The van der Waals surface area contributed by atoms with E-state index in [1.165, 1.54) is 25.3 Å². The molecule has 1 N–H and O–H groups in total. The Morgan fingerprint density at radius 3 is 2.88 bits per heavy atom. The quantitative estimate of drug-likeness (QED) is 0.813. The number of aromatic nitrogens is 1. The van der Waals surface area contributed by atoms with Crippen LogP contribution in [0.2, 0.25) is 0 Å². The molecule has 25 heavy (non-hydrogen) atoms. The van der Waals surface area contributed by atoms with E-state index in [1.807, 2.05) is 31.2 Å². The second kappa shape index (κ2) is 8.87. The van der Waals surface area contributed by atoms with Crippen molar-refractivity contribution in [3.05, 3.63) is 41.7 Å².